The Morgan fingerprint density at radius 1 is 0.800 bits per heavy atom. The Balaban J connectivity index is 1.53. The summed E-state index contributed by atoms with van der Waals surface area (Å²) < 4.78 is 49.9. The molecule has 0 fully saturated rings. The summed E-state index contributed by atoms with van der Waals surface area (Å²) in [7, 11) is 0. The molecule has 0 aromatic heterocycles. The molecular weight excluding hydrogens is 399 g/mol. The van der Waals surface area contributed by atoms with Crippen molar-refractivity contribution in [1.82, 2.24) is 0 Å². The maximum atomic E-state index is 13.6. The molecule has 154 valence electrons. The third kappa shape index (κ3) is 5.16. The number of carbonyl (C=O) groups is 2. The monoisotopic (exact) mass is 415 g/mol. The predicted molar refractivity (Wildman–Crippen MR) is 103 cm³/mol. The Labute approximate surface area is 170 Å². The van der Waals surface area contributed by atoms with E-state index in [9.17, 15) is 22.8 Å². The van der Waals surface area contributed by atoms with Gasteiger partial charge in [0.25, 0.3) is 5.91 Å². The van der Waals surface area contributed by atoms with Crippen LogP contribution in [0.3, 0.4) is 0 Å². The van der Waals surface area contributed by atoms with E-state index < -0.39 is 48.2 Å². The number of ether oxygens (including phenoxy) is 2. The number of carbonyl (C=O) groups excluding carboxylic acids is 2. The number of amides is 1. The van der Waals surface area contributed by atoms with E-state index in [1.807, 2.05) is 47.8 Å². The molecule has 0 saturated carbocycles. The molecule has 3 rings (SSSR count). The minimum atomic E-state index is -1.71. The molecule has 1 N–H and O–H groups in total. The fourth-order valence-electron chi connectivity index (χ4n) is 2.58. The molecule has 0 saturated heterocycles. The molecule has 0 aliphatic carbocycles. The summed E-state index contributed by atoms with van der Waals surface area (Å²) in [4.78, 5) is 23.6. The van der Waals surface area contributed by atoms with Gasteiger partial charge in [-0.1, -0.05) is 48.5 Å². The van der Waals surface area contributed by atoms with E-state index >= 15 is 0 Å². The van der Waals surface area contributed by atoms with Crippen LogP contribution in [-0.4, -0.2) is 25.1 Å². The van der Waals surface area contributed by atoms with E-state index in [4.69, 9.17) is 9.47 Å². The van der Waals surface area contributed by atoms with Gasteiger partial charge in [-0.15, -0.1) is 0 Å². The van der Waals surface area contributed by atoms with Crippen LogP contribution < -0.4 is 10.1 Å². The van der Waals surface area contributed by atoms with Gasteiger partial charge in [-0.3, -0.25) is 4.79 Å². The molecule has 0 aliphatic heterocycles. The van der Waals surface area contributed by atoms with Gasteiger partial charge >= 0.3 is 5.97 Å². The van der Waals surface area contributed by atoms with Crippen LogP contribution in [0.15, 0.2) is 66.7 Å². The number of halogens is 3. The molecule has 0 unspecified atom stereocenters. The lowest BCUT2D eigenvalue weighted by Gasteiger charge is -2.12. The second-order valence-corrected chi connectivity index (χ2v) is 6.08. The number of benzene rings is 3. The topological polar surface area (TPSA) is 64.6 Å². The number of rotatable bonds is 7. The van der Waals surface area contributed by atoms with Crippen molar-refractivity contribution < 1.29 is 32.2 Å². The fourth-order valence-corrected chi connectivity index (χ4v) is 2.58. The van der Waals surface area contributed by atoms with Crippen molar-refractivity contribution in [1.29, 1.82) is 0 Å². The number of anilines is 1. The summed E-state index contributed by atoms with van der Waals surface area (Å²) >= 11 is 0. The molecule has 0 spiro atoms. The average Bonchev–Trinajstić information content (AvgIpc) is 2.77. The molecule has 0 radical (unpaired) electrons. The molecule has 8 heteroatoms. The largest absolute Gasteiger partial charge is 0.481 e. The third-order valence-electron chi connectivity index (χ3n) is 3.99. The summed E-state index contributed by atoms with van der Waals surface area (Å²) in [5, 5.41) is 2.00. The van der Waals surface area contributed by atoms with Crippen molar-refractivity contribution >= 4 is 17.6 Å². The van der Waals surface area contributed by atoms with Crippen molar-refractivity contribution in [2.75, 3.05) is 18.5 Å². The molecule has 0 bridgehead atoms. The lowest BCUT2D eigenvalue weighted by atomic mass is 10.1. The van der Waals surface area contributed by atoms with Crippen LogP contribution >= 0.6 is 0 Å². The zero-order chi connectivity index (χ0) is 21.5. The predicted octanol–water partition coefficient (Wildman–Crippen LogP) is 4.33. The first-order valence-electron chi connectivity index (χ1n) is 8.82. The Bertz CT molecular complexity index is 1060. The maximum absolute atomic E-state index is 13.6. The first-order valence-corrected chi connectivity index (χ1v) is 8.82. The van der Waals surface area contributed by atoms with Gasteiger partial charge < -0.3 is 14.8 Å². The minimum absolute atomic E-state index is 0.453. The summed E-state index contributed by atoms with van der Waals surface area (Å²) in [6.07, 6.45) is 0. The number of esters is 1. The highest BCUT2D eigenvalue weighted by atomic mass is 19.2. The SMILES string of the molecule is O=C(COC(=O)COc1ccccc1-c1ccccc1)Nc1ccc(F)c(F)c1F. The van der Waals surface area contributed by atoms with Gasteiger partial charge in [-0.25, -0.2) is 18.0 Å². The second kappa shape index (κ2) is 9.60. The van der Waals surface area contributed by atoms with E-state index in [2.05, 4.69) is 0 Å². The zero-order valence-corrected chi connectivity index (χ0v) is 15.5. The first-order chi connectivity index (χ1) is 14.5. The van der Waals surface area contributed by atoms with E-state index in [1.54, 1.807) is 12.1 Å². The van der Waals surface area contributed by atoms with E-state index in [0.717, 1.165) is 17.2 Å². The van der Waals surface area contributed by atoms with Crippen LogP contribution in [0.25, 0.3) is 11.1 Å². The van der Waals surface area contributed by atoms with E-state index in [-0.39, 0.29) is 0 Å². The van der Waals surface area contributed by atoms with E-state index in [1.165, 1.54) is 0 Å². The summed E-state index contributed by atoms with van der Waals surface area (Å²) in [5.74, 6) is -5.94. The Kier molecular flexibility index (Phi) is 6.69. The van der Waals surface area contributed by atoms with Gasteiger partial charge in [0.1, 0.15) is 5.75 Å². The second-order valence-electron chi connectivity index (χ2n) is 6.08. The van der Waals surface area contributed by atoms with Crippen LogP contribution in [0.2, 0.25) is 0 Å². The van der Waals surface area contributed by atoms with Gasteiger partial charge in [0.15, 0.2) is 30.7 Å². The standard InChI is InChI=1S/C22H16F3NO4/c23-16-10-11-17(22(25)21(16)24)26-19(27)12-30-20(28)13-29-18-9-5-4-8-15(18)14-6-2-1-3-7-14/h1-11H,12-13H2,(H,26,27). The summed E-state index contributed by atoms with van der Waals surface area (Å²) in [6.45, 7) is -1.21. The molecule has 3 aromatic rings. The van der Waals surface area contributed by atoms with Gasteiger partial charge in [-0.05, 0) is 23.8 Å². The summed E-state index contributed by atoms with van der Waals surface area (Å²) in [5.41, 5.74) is 1.11. The maximum Gasteiger partial charge on any atom is 0.344 e. The highest BCUT2D eigenvalue weighted by molar-refractivity contribution is 5.93. The van der Waals surface area contributed by atoms with E-state index in [0.29, 0.717) is 11.8 Å². The van der Waals surface area contributed by atoms with Gasteiger partial charge in [0, 0.05) is 5.56 Å². The fraction of sp³-hybridized carbons (Fsp3) is 0.0909. The number of hydrogen-bond acceptors (Lipinski definition) is 4. The van der Waals surface area contributed by atoms with Crippen LogP contribution in [0, 0.1) is 17.5 Å². The highest BCUT2D eigenvalue weighted by Crippen LogP contribution is 2.29. The number of para-hydroxylation sites is 1. The van der Waals surface area contributed by atoms with Gasteiger partial charge in [0.05, 0.1) is 5.69 Å². The number of nitrogens with one attached hydrogen (secondary N) is 1. The van der Waals surface area contributed by atoms with Crippen LogP contribution in [0.5, 0.6) is 5.75 Å². The Morgan fingerprint density at radius 2 is 1.50 bits per heavy atom. The highest BCUT2D eigenvalue weighted by Gasteiger charge is 2.16. The zero-order valence-electron chi connectivity index (χ0n) is 15.5. The lowest BCUT2D eigenvalue weighted by molar-refractivity contribution is -0.149. The number of hydrogen-bond donors (Lipinski definition) is 1. The normalized spacial score (nSPS) is 10.4. The van der Waals surface area contributed by atoms with Crippen LogP contribution in [-0.2, 0) is 14.3 Å². The lowest BCUT2D eigenvalue weighted by Crippen LogP contribution is -2.24. The van der Waals surface area contributed by atoms with Crippen LogP contribution in [0.4, 0.5) is 18.9 Å². The average molecular weight is 415 g/mol. The van der Waals surface area contributed by atoms with Gasteiger partial charge in [0.2, 0.25) is 0 Å². The van der Waals surface area contributed by atoms with Crippen molar-refractivity contribution in [3.05, 3.63) is 84.2 Å². The molecule has 1 amide bonds. The molecule has 5 nitrogen and oxygen atoms in total. The van der Waals surface area contributed by atoms with Crippen molar-refractivity contribution in [2.45, 2.75) is 0 Å². The molecule has 3 aromatic carbocycles. The molecule has 0 heterocycles. The molecule has 30 heavy (non-hydrogen) atoms. The quantitative estimate of drug-likeness (QED) is 0.461. The van der Waals surface area contributed by atoms with Crippen molar-refractivity contribution in [2.24, 2.45) is 0 Å². The molecular formula is C22H16F3NO4. The van der Waals surface area contributed by atoms with Crippen molar-refractivity contribution in [3.63, 3.8) is 0 Å². The molecule has 0 aliphatic rings. The van der Waals surface area contributed by atoms with Gasteiger partial charge in [-0.2, -0.15) is 0 Å². The smallest absolute Gasteiger partial charge is 0.344 e. The Morgan fingerprint density at radius 3 is 2.27 bits per heavy atom. The summed E-state index contributed by atoms with van der Waals surface area (Å²) in [6, 6.07) is 18.0. The molecule has 0 atom stereocenters. The Hall–Kier alpha value is -3.81. The van der Waals surface area contributed by atoms with Crippen LogP contribution in [0.1, 0.15) is 0 Å². The van der Waals surface area contributed by atoms with Crippen molar-refractivity contribution in [3.8, 4) is 16.9 Å². The first kappa shape index (κ1) is 20.9. The third-order valence-corrected chi connectivity index (χ3v) is 3.99. The minimum Gasteiger partial charge on any atom is -0.481 e.